The lowest BCUT2D eigenvalue weighted by Gasteiger charge is -2.31. The van der Waals surface area contributed by atoms with Crippen LogP contribution in [0.2, 0.25) is 0 Å². The summed E-state index contributed by atoms with van der Waals surface area (Å²) in [6, 6.07) is 16.5. The zero-order chi connectivity index (χ0) is 20.5. The first-order chi connectivity index (χ1) is 14.0. The van der Waals surface area contributed by atoms with Gasteiger partial charge in [0.05, 0.1) is 22.7 Å². The highest BCUT2D eigenvalue weighted by atomic mass is 32.1. The number of aromatic nitrogens is 2. The zero-order valence-corrected chi connectivity index (χ0v) is 16.9. The number of hydrogen-bond donors (Lipinski definition) is 1. The number of hydrogen-bond acceptors (Lipinski definition) is 4. The van der Waals surface area contributed by atoms with E-state index in [1.165, 1.54) is 12.1 Å². The van der Waals surface area contributed by atoms with Gasteiger partial charge in [-0.05, 0) is 62.5 Å². The summed E-state index contributed by atoms with van der Waals surface area (Å²) in [5, 5.41) is 15.1. The second kappa shape index (κ2) is 7.63. The molecule has 2 atom stereocenters. The van der Waals surface area contributed by atoms with E-state index >= 15 is 0 Å². The fourth-order valence-electron chi connectivity index (χ4n) is 3.84. The van der Waals surface area contributed by atoms with Crippen molar-refractivity contribution in [1.29, 1.82) is 0 Å². The topological polar surface area (TPSA) is 76.2 Å². The van der Waals surface area contributed by atoms with Crippen molar-refractivity contribution >= 4 is 23.0 Å². The molecule has 1 aliphatic rings. The van der Waals surface area contributed by atoms with Gasteiger partial charge in [-0.1, -0.05) is 6.07 Å². The molecule has 0 aliphatic carbocycles. The molecule has 0 spiro atoms. The summed E-state index contributed by atoms with van der Waals surface area (Å²) >= 11 is 5.65. The van der Waals surface area contributed by atoms with Crippen molar-refractivity contribution < 1.29 is 4.92 Å². The minimum atomic E-state index is -0.392. The Morgan fingerprint density at radius 1 is 1.14 bits per heavy atom. The second-order valence-electron chi connectivity index (χ2n) is 7.20. The average molecular weight is 407 g/mol. The molecular formula is C21H21N5O2S. The molecule has 1 N–H and O–H groups in total. The standard InChI is InChI=1S/C21H21N5O2S/c1-14(2)25-20(19(23-21(25)29)17-6-3-4-12-22-17)18-7-5-13-24(18)15-8-10-16(11-9-15)26(27)28/h3-14,19-20H,1-2H3,(H,23,29)/t19-,20-/m1/s1. The van der Waals surface area contributed by atoms with Gasteiger partial charge in [0.15, 0.2) is 5.11 Å². The van der Waals surface area contributed by atoms with Gasteiger partial charge in [-0.25, -0.2) is 0 Å². The van der Waals surface area contributed by atoms with Crippen LogP contribution in [0.15, 0.2) is 67.0 Å². The van der Waals surface area contributed by atoms with Crippen molar-refractivity contribution in [3.8, 4) is 5.69 Å². The molecular weight excluding hydrogens is 386 g/mol. The Balaban J connectivity index is 1.80. The molecule has 0 radical (unpaired) electrons. The fraction of sp³-hybridized carbons (Fsp3) is 0.238. The van der Waals surface area contributed by atoms with Crippen LogP contribution in [0, 0.1) is 10.1 Å². The molecule has 0 bridgehead atoms. The molecule has 0 saturated carbocycles. The maximum Gasteiger partial charge on any atom is 0.269 e. The largest absolute Gasteiger partial charge is 0.352 e. The van der Waals surface area contributed by atoms with Crippen molar-refractivity contribution in [1.82, 2.24) is 19.8 Å². The lowest BCUT2D eigenvalue weighted by atomic mass is 10.0. The monoisotopic (exact) mass is 407 g/mol. The smallest absolute Gasteiger partial charge is 0.269 e. The van der Waals surface area contributed by atoms with Gasteiger partial charge in [-0.15, -0.1) is 0 Å². The highest BCUT2D eigenvalue weighted by Gasteiger charge is 2.42. The molecule has 1 aromatic carbocycles. The van der Waals surface area contributed by atoms with Crippen LogP contribution >= 0.6 is 12.2 Å². The first-order valence-electron chi connectivity index (χ1n) is 9.39. The first-order valence-corrected chi connectivity index (χ1v) is 9.80. The molecule has 7 nitrogen and oxygen atoms in total. The highest BCUT2D eigenvalue weighted by Crippen LogP contribution is 2.40. The average Bonchev–Trinajstić information content (AvgIpc) is 3.32. The fourth-order valence-corrected chi connectivity index (χ4v) is 4.29. The van der Waals surface area contributed by atoms with E-state index in [4.69, 9.17) is 12.2 Å². The van der Waals surface area contributed by atoms with Crippen LogP contribution in [0.4, 0.5) is 5.69 Å². The van der Waals surface area contributed by atoms with E-state index in [-0.39, 0.29) is 23.8 Å². The first kappa shape index (κ1) is 19.1. The van der Waals surface area contributed by atoms with Crippen LogP contribution in [-0.4, -0.2) is 30.5 Å². The molecule has 8 heteroatoms. The molecule has 29 heavy (non-hydrogen) atoms. The summed E-state index contributed by atoms with van der Waals surface area (Å²) < 4.78 is 2.05. The number of rotatable bonds is 5. The molecule has 148 valence electrons. The van der Waals surface area contributed by atoms with Gasteiger partial charge in [0.1, 0.15) is 0 Å². The molecule has 0 unspecified atom stereocenters. The van der Waals surface area contributed by atoms with Gasteiger partial charge in [-0.3, -0.25) is 15.1 Å². The maximum atomic E-state index is 11.0. The van der Waals surface area contributed by atoms with Gasteiger partial charge in [0, 0.05) is 41.9 Å². The predicted octanol–water partition coefficient (Wildman–Crippen LogP) is 4.16. The number of nitro benzene ring substituents is 1. The van der Waals surface area contributed by atoms with Crippen molar-refractivity contribution in [3.05, 3.63) is 88.5 Å². The minimum Gasteiger partial charge on any atom is -0.352 e. The van der Waals surface area contributed by atoms with Crippen LogP contribution in [0.3, 0.4) is 0 Å². The maximum absolute atomic E-state index is 11.0. The predicted molar refractivity (Wildman–Crippen MR) is 115 cm³/mol. The van der Waals surface area contributed by atoms with E-state index in [1.807, 2.05) is 30.5 Å². The lowest BCUT2D eigenvalue weighted by Crippen LogP contribution is -2.36. The highest BCUT2D eigenvalue weighted by molar-refractivity contribution is 7.80. The minimum absolute atomic E-state index is 0.0670. The Labute approximate surface area is 174 Å². The molecule has 0 amide bonds. The Morgan fingerprint density at radius 3 is 2.52 bits per heavy atom. The van der Waals surface area contributed by atoms with E-state index in [2.05, 4.69) is 39.7 Å². The number of benzene rings is 1. The van der Waals surface area contributed by atoms with Crippen molar-refractivity contribution in [2.24, 2.45) is 0 Å². The van der Waals surface area contributed by atoms with Crippen molar-refractivity contribution in [3.63, 3.8) is 0 Å². The Hall–Kier alpha value is -3.26. The molecule has 3 aromatic rings. The Bertz CT molecular complexity index is 1030. The van der Waals surface area contributed by atoms with E-state index in [0.29, 0.717) is 5.11 Å². The molecule has 1 aliphatic heterocycles. The summed E-state index contributed by atoms with van der Waals surface area (Å²) in [5.74, 6) is 0. The summed E-state index contributed by atoms with van der Waals surface area (Å²) in [7, 11) is 0. The Morgan fingerprint density at radius 2 is 1.90 bits per heavy atom. The molecule has 4 rings (SSSR count). The third-order valence-corrected chi connectivity index (χ3v) is 5.44. The number of non-ortho nitro benzene ring substituents is 1. The second-order valence-corrected chi connectivity index (χ2v) is 7.59. The number of nitrogens with zero attached hydrogens (tertiary/aromatic N) is 4. The van der Waals surface area contributed by atoms with Crippen molar-refractivity contribution in [2.45, 2.75) is 32.0 Å². The molecule has 3 heterocycles. The van der Waals surface area contributed by atoms with Crippen LogP contribution in [-0.2, 0) is 0 Å². The Kier molecular flexibility index (Phi) is 5.02. The lowest BCUT2D eigenvalue weighted by molar-refractivity contribution is -0.384. The zero-order valence-electron chi connectivity index (χ0n) is 16.1. The van der Waals surface area contributed by atoms with E-state index < -0.39 is 4.92 Å². The van der Waals surface area contributed by atoms with E-state index in [1.54, 1.807) is 18.3 Å². The molecule has 1 saturated heterocycles. The van der Waals surface area contributed by atoms with Gasteiger partial charge < -0.3 is 14.8 Å². The van der Waals surface area contributed by atoms with Crippen LogP contribution in [0.1, 0.15) is 37.3 Å². The third kappa shape index (κ3) is 3.47. The van der Waals surface area contributed by atoms with Crippen molar-refractivity contribution in [2.75, 3.05) is 0 Å². The van der Waals surface area contributed by atoms with Crippen LogP contribution in [0.25, 0.3) is 5.69 Å². The van der Waals surface area contributed by atoms with E-state index in [9.17, 15) is 10.1 Å². The van der Waals surface area contributed by atoms with Crippen LogP contribution < -0.4 is 5.32 Å². The number of nitro groups is 1. The SMILES string of the molecule is CC(C)N1C(=S)N[C@H](c2ccccn2)[C@H]1c1cccn1-c1ccc([N+](=O)[O-])cc1. The summed E-state index contributed by atoms with van der Waals surface area (Å²) in [5.41, 5.74) is 2.88. The number of pyridine rings is 1. The van der Waals surface area contributed by atoms with Crippen LogP contribution in [0.5, 0.6) is 0 Å². The number of nitrogens with one attached hydrogen (secondary N) is 1. The van der Waals surface area contributed by atoms with Gasteiger partial charge in [-0.2, -0.15) is 0 Å². The summed E-state index contributed by atoms with van der Waals surface area (Å²) in [6.07, 6.45) is 3.75. The van der Waals surface area contributed by atoms with E-state index in [0.717, 1.165) is 17.1 Å². The quantitative estimate of drug-likeness (QED) is 0.389. The van der Waals surface area contributed by atoms with Gasteiger partial charge in [0.25, 0.3) is 5.69 Å². The normalized spacial score (nSPS) is 18.9. The number of thiocarbonyl (C=S) groups is 1. The third-order valence-electron chi connectivity index (χ3n) is 5.11. The van der Waals surface area contributed by atoms with Gasteiger partial charge >= 0.3 is 0 Å². The van der Waals surface area contributed by atoms with Gasteiger partial charge in [0.2, 0.25) is 0 Å². The molecule has 2 aromatic heterocycles. The summed E-state index contributed by atoms with van der Waals surface area (Å²) in [4.78, 5) is 17.3. The summed E-state index contributed by atoms with van der Waals surface area (Å²) in [6.45, 7) is 4.22. The molecule has 1 fully saturated rings.